The zero-order chi connectivity index (χ0) is 11.5. The molecule has 0 amide bonds. The van der Waals surface area contributed by atoms with Crippen LogP contribution in [0.3, 0.4) is 0 Å². The fraction of sp³-hybridized carbons (Fsp3) is 1.00. The van der Waals surface area contributed by atoms with E-state index in [4.69, 9.17) is 5.73 Å². The normalized spacial score (nSPS) is 30.8. The van der Waals surface area contributed by atoms with Gasteiger partial charge >= 0.3 is 0 Å². The minimum atomic E-state index is 0.323. The summed E-state index contributed by atoms with van der Waals surface area (Å²) in [4.78, 5) is 2.48. The summed E-state index contributed by atoms with van der Waals surface area (Å²) in [6, 6.07) is 0.938. The summed E-state index contributed by atoms with van der Waals surface area (Å²) in [6.45, 7) is 8.08. The fourth-order valence-corrected chi connectivity index (χ4v) is 2.70. The molecule has 0 saturated heterocycles. The molecule has 0 aromatic carbocycles. The SMILES string of the molecule is CCCCN(C)C1CCCC(C)(C)C1N. The largest absolute Gasteiger partial charge is 0.326 e. The maximum Gasteiger partial charge on any atom is 0.0249 e. The third kappa shape index (κ3) is 3.18. The standard InChI is InChI=1S/C13H28N2/c1-5-6-10-15(4)11-8-7-9-13(2,3)12(11)14/h11-12H,5-10,14H2,1-4H3. The highest BCUT2D eigenvalue weighted by molar-refractivity contribution is 4.95. The molecule has 0 bridgehead atoms. The molecule has 1 rings (SSSR count). The van der Waals surface area contributed by atoms with Gasteiger partial charge in [0.2, 0.25) is 0 Å². The van der Waals surface area contributed by atoms with Crippen molar-refractivity contribution in [3.8, 4) is 0 Å². The molecule has 0 aliphatic heterocycles. The third-order valence-electron chi connectivity index (χ3n) is 4.07. The van der Waals surface area contributed by atoms with Crippen LogP contribution >= 0.6 is 0 Å². The summed E-state index contributed by atoms with van der Waals surface area (Å²) >= 11 is 0. The molecule has 1 aliphatic carbocycles. The van der Waals surface area contributed by atoms with Crippen LogP contribution in [0, 0.1) is 5.41 Å². The van der Waals surface area contributed by atoms with Crippen molar-refractivity contribution in [3.05, 3.63) is 0 Å². The molecule has 1 saturated carbocycles. The van der Waals surface area contributed by atoms with E-state index < -0.39 is 0 Å². The lowest BCUT2D eigenvalue weighted by Crippen LogP contribution is -2.56. The molecule has 2 N–H and O–H groups in total. The van der Waals surface area contributed by atoms with Gasteiger partial charge in [0.05, 0.1) is 0 Å². The van der Waals surface area contributed by atoms with E-state index in [0.717, 1.165) is 0 Å². The smallest absolute Gasteiger partial charge is 0.0249 e. The van der Waals surface area contributed by atoms with E-state index in [1.165, 1.54) is 38.6 Å². The fourth-order valence-electron chi connectivity index (χ4n) is 2.70. The van der Waals surface area contributed by atoms with Gasteiger partial charge in [0.1, 0.15) is 0 Å². The predicted molar refractivity (Wildman–Crippen MR) is 66.9 cm³/mol. The molecule has 15 heavy (non-hydrogen) atoms. The van der Waals surface area contributed by atoms with E-state index in [0.29, 0.717) is 17.5 Å². The molecule has 0 aromatic heterocycles. The molecule has 1 aliphatic rings. The van der Waals surface area contributed by atoms with Gasteiger partial charge in [-0.1, -0.05) is 33.6 Å². The van der Waals surface area contributed by atoms with Crippen molar-refractivity contribution in [2.75, 3.05) is 13.6 Å². The van der Waals surface area contributed by atoms with Crippen molar-refractivity contribution < 1.29 is 0 Å². The van der Waals surface area contributed by atoms with E-state index >= 15 is 0 Å². The van der Waals surface area contributed by atoms with Crippen LogP contribution in [-0.4, -0.2) is 30.6 Å². The van der Waals surface area contributed by atoms with Crippen molar-refractivity contribution in [2.45, 2.75) is 65.0 Å². The van der Waals surface area contributed by atoms with Crippen LogP contribution in [0.1, 0.15) is 52.9 Å². The Balaban J connectivity index is 2.53. The molecule has 2 atom stereocenters. The number of unbranched alkanes of at least 4 members (excludes halogenated alkanes) is 1. The predicted octanol–water partition coefficient (Wildman–Crippen LogP) is 2.62. The summed E-state index contributed by atoms with van der Waals surface area (Å²) in [6.07, 6.45) is 6.47. The number of nitrogens with two attached hydrogens (primary N) is 1. The van der Waals surface area contributed by atoms with Crippen LogP contribution in [0.15, 0.2) is 0 Å². The Morgan fingerprint density at radius 2 is 2.07 bits per heavy atom. The van der Waals surface area contributed by atoms with Crippen molar-refractivity contribution in [1.29, 1.82) is 0 Å². The van der Waals surface area contributed by atoms with Gasteiger partial charge in [-0.3, -0.25) is 0 Å². The Hall–Kier alpha value is -0.0800. The average molecular weight is 212 g/mol. The first-order valence-corrected chi connectivity index (χ1v) is 6.45. The summed E-state index contributed by atoms with van der Waals surface area (Å²) in [7, 11) is 2.24. The van der Waals surface area contributed by atoms with Crippen molar-refractivity contribution in [3.63, 3.8) is 0 Å². The van der Waals surface area contributed by atoms with Gasteiger partial charge in [-0.15, -0.1) is 0 Å². The first kappa shape index (κ1) is 13.0. The molecule has 2 unspecified atom stereocenters. The number of hydrogen-bond donors (Lipinski definition) is 1. The van der Waals surface area contributed by atoms with Gasteiger partial charge in [0.15, 0.2) is 0 Å². The van der Waals surface area contributed by atoms with Crippen LogP contribution in [0.5, 0.6) is 0 Å². The average Bonchev–Trinajstić information content (AvgIpc) is 2.18. The molecule has 0 heterocycles. The van der Waals surface area contributed by atoms with Gasteiger partial charge in [0.25, 0.3) is 0 Å². The highest BCUT2D eigenvalue weighted by atomic mass is 15.1. The maximum absolute atomic E-state index is 6.39. The molecule has 90 valence electrons. The van der Waals surface area contributed by atoms with E-state index in [-0.39, 0.29) is 0 Å². The summed E-state index contributed by atoms with van der Waals surface area (Å²) in [5, 5.41) is 0. The monoisotopic (exact) mass is 212 g/mol. The number of nitrogens with zero attached hydrogens (tertiary/aromatic N) is 1. The van der Waals surface area contributed by atoms with Crippen LogP contribution in [0.25, 0.3) is 0 Å². The quantitative estimate of drug-likeness (QED) is 0.776. The van der Waals surface area contributed by atoms with Gasteiger partial charge in [-0.05, 0) is 38.3 Å². The molecular formula is C13H28N2. The second-order valence-corrected chi connectivity index (χ2v) is 5.81. The molecule has 0 spiro atoms. The van der Waals surface area contributed by atoms with E-state index in [1.54, 1.807) is 0 Å². The lowest BCUT2D eigenvalue weighted by atomic mass is 9.71. The van der Waals surface area contributed by atoms with E-state index in [1.807, 2.05) is 0 Å². The van der Waals surface area contributed by atoms with Gasteiger partial charge in [-0.25, -0.2) is 0 Å². The number of hydrogen-bond acceptors (Lipinski definition) is 2. The second-order valence-electron chi connectivity index (χ2n) is 5.81. The summed E-state index contributed by atoms with van der Waals surface area (Å²) in [5.74, 6) is 0. The zero-order valence-corrected chi connectivity index (χ0v) is 10.9. The van der Waals surface area contributed by atoms with Gasteiger partial charge in [-0.2, -0.15) is 0 Å². The molecule has 0 radical (unpaired) electrons. The van der Waals surface area contributed by atoms with Crippen LogP contribution in [-0.2, 0) is 0 Å². The van der Waals surface area contributed by atoms with Crippen molar-refractivity contribution >= 4 is 0 Å². The Bertz CT molecular complexity index is 189. The first-order valence-electron chi connectivity index (χ1n) is 6.45. The Morgan fingerprint density at radius 1 is 1.40 bits per heavy atom. The van der Waals surface area contributed by atoms with Crippen LogP contribution in [0.2, 0.25) is 0 Å². The lowest BCUT2D eigenvalue weighted by molar-refractivity contribution is 0.0840. The Labute approximate surface area is 95.2 Å². The maximum atomic E-state index is 6.39. The number of likely N-dealkylation sites (N-methyl/N-ethyl adjacent to an activating group) is 1. The molecule has 2 heteroatoms. The molecule has 2 nitrogen and oxygen atoms in total. The van der Waals surface area contributed by atoms with Gasteiger partial charge in [0, 0.05) is 12.1 Å². The Morgan fingerprint density at radius 3 is 2.67 bits per heavy atom. The zero-order valence-electron chi connectivity index (χ0n) is 10.9. The topological polar surface area (TPSA) is 29.3 Å². The molecule has 1 fully saturated rings. The molecule has 0 aromatic rings. The highest BCUT2D eigenvalue weighted by Crippen LogP contribution is 2.36. The minimum absolute atomic E-state index is 0.323. The van der Waals surface area contributed by atoms with E-state index in [9.17, 15) is 0 Å². The van der Waals surface area contributed by atoms with Crippen molar-refractivity contribution in [2.24, 2.45) is 11.1 Å². The lowest BCUT2D eigenvalue weighted by Gasteiger charge is -2.45. The Kier molecular flexibility index (Phi) is 4.60. The third-order valence-corrected chi connectivity index (χ3v) is 4.07. The van der Waals surface area contributed by atoms with Crippen LogP contribution in [0.4, 0.5) is 0 Å². The minimum Gasteiger partial charge on any atom is -0.326 e. The number of rotatable bonds is 4. The van der Waals surface area contributed by atoms with Crippen LogP contribution < -0.4 is 5.73 Å². The summed E-state index contributed by atoms with van der Waals surface area (Å²) in [5.41, 5.74) is 6.71. The second kappa shape index (κ2) is 5.31. The van der Waals surface area contributed by atoms with E-state index in [2.05, 4.69) is 32.7 Å². The summed E-state index contributed by atoms with van der Waals surface area (Å²) < 4.78 is 0. The van der Waals surface area contributed by atoms with Gasteiger partial charge < -0.3 is 10.6 Å². The van der Waals surface area contributed by atoms with Crippen molar-refractivity contribution in [1.82, 2.24) is 4.90 Å². The first-order chi connectivity index (χ1) is 6.99. The highest BCUT2D eigenvalue weighted by Gasteiger charge is 2.37. The molecular weight excluding hydrogens is 184 g/mol.